The minimum absolute atomic E-state index is 0.0437. The van der Waals surface area contributed by atoms with Crippen molar-refractivity contribution in [2.24, 2.45) is 0 Å². The Bertz CT molecular complexity index is 526. The Balaban J connectivity index is 1.86. The number of nitrogens with one attached hydrogen (secondary N) is 1. The van der Waals surface area contributed by atoms with Crippen molar-refractivity contribution in [3.63, 3.8) is 0 Å². The number of rotatable bonds is 2. The number of aliphatic hydroxyl groups is 1. The Labute approximate surface area is 115 Å². The normalized spacial score (nSPS) is 23.2. The quantitative estimate of drug-likeness (QED) is 0.844. The molecule has 1 aromatic rings. The third-order valence-corrected chi connectivity index (χ3v) is 4.84. The number of hydrogen-bond acceptors (Lipinski definition) is 4. The zero-order chi connectivity index (χ0) is 13.4. The van der Waals surface area contributed by atoms with E-state index in [-0.39, 0.29) is 24.5 Å². The molecular weight excluding hydrogens is 264 g/mol. The molecule has 3 rings (SSSR count). The SMILES string of the molecule is O=C1NCCCC[C@@H]1N1Cc2c(csc2CO)C1=O. The van der Waals surface area contributed by atoms with Crippen molar-refractivity contribution in [2.45, 2.75) is 38.5 Å². The van der Waals surface area contributed by atoms with Crippen molar-refractivity contribution < 1.29 is 14.7 Å². The highest BCUT2D eigenvalue weighted by atomic mass is 32.1. The van der Waals surface area contributed by atoms with E-state index in [1.165, 1.54) is 11.3 Å². The van der Waals surface area contributed by atoms with Crippen LogP contribution in [0.1, 0.15) is 40.1 Å². The average molecular weight is 280 g/mol. The van der Waals surface area contributed by atoms with Gasteiger partial charge in [0, 0.05) is 28.9 Å². The Hall–Kier alpha value is -1.40. The molecule has 2 aliphatic heterocycles. The van der Waals surface area contributed by atoms with Crippen LogP contribution in [0.3, 0.4) is 0 Å². The number of nitrogens with zero attached hydrogens (tertiary/aromatic N) is 1. The maximum absolute atomic E-state index is 12.4. The average Bonchev–Trinajstić information content (AvgIpc) is 2.87. The third kappa shape index (κ3) is 2.04. The predicted molar refractivity (Wildman–Crippen MR) is 70.8 cm³/mol. The molecule has 2 amide bonds. The summed E-state index contributed by atoms with van der Waals surface area (Å²) in [5.74, 6) is -0.127. The molecule has 0 aromatic carbocycles. The lowest BCUT2D eigenvalue weighted by molar-refractivity contribution is -0.125. The summed E-state index contributed by atoms with van der Waals surface area (Å²) >= 11 is 1.41. The first-order chi connectivity index (χ1) is 9.22. The first-order valence-corrected chi connectivity index (χ1v) is 7.39. The van der Waals surface area contributed by atoms with Crippen LogP contribution in [0.15, 0.2) is 5.38 Å². The molecule has 102 valence electrons. The highest BCUT2D eigenvalue weighted by Gasteiger charge is 2.38. The zero-order valence-corrected chi connectivity index (χ0v) is 11.3. The summed E-state index contributed by atoms with van der Waals surface area (Å²) in [7, 11) is 0. The van der Waals surface area contributed by atoms with Crippen molar-refractivity contribution in [1.29, 1.82) is 0 Å². The lowest BCUT2D eigenvalue weighted by Crippen LogP contribution is -2.45. The molecule has 0 aliphatic carbocycles. The third-order valence-electron chi connectivity index (χ3n) is 3.83. The summed E-state index contributed by atoms with van der Waals surface area (Å²) in [5.41, 5.74) is 1.56. The lowest BCUT2D eigenvalue weighted by Gasteiger charge is -2.25. The molecule has 6 heteroatoms. The van der Waals surface area contributed by atoms with E-state index in [1.54, 1.807) is 10.3 Å². The van der Waals surface area contributed by atoms with Gasteiger partial charge in [0.25, 0.3) is 5.91 Å². The van der Waals surface area contributed by atoms with Crippen LogP contribution in [0, 0.1) is 0 Å². The van der Waals surface area contributed by atoms with Gasteiger partial charge in [-0.05, 0) is 19.3 Å². The van der Waals surface area contributed by atoms with Gasteiger partial charge < -0.3 is 15.3 Å². The van der Waals surface area contributed by atoms with E-state index in [0.29, 0.717) is 18.7 Å². The van der Waals surface area contributed by atoms with Gasteiger partial charge in [-0.25, -0.2) is 0 Å². The number of amides is 2. The summed E-state index contributed by atoms with van der Waals surface area (Å²) < 4.78 is 0. The molecule has 19 heavy (non-hydrogen) atoms. The number of carbonyl (C=O) groups excluding carboxylic acids is 2. The fourth-order valence-corrected chi connectivity index (χ4v) is 3.67. The standard InChI is InChI=1S/C13H16N2O3S/c16-6-11-8-5-15(13(18)9(8)7-19-11)10-3-1-2-4-14-12(10)17/h7,10,16H,1-6H2,(H,14,17)/t10-/m0/s1. The molecule has 0 saturated carbocycles. The maximum atomic E-state index is 12.4. The first-order valence-electron chi connectivity index (χ1n) is 6.51. The van der Waals surface area contributed by atoms with Gasteiger partial charge in [-0.2, -0.15) is 0 Å². The van der Waals surface area contributed by atoms with Gasteiger partial charge in [0.05, 0.1) is 12.2 Å². The molecular formula is C13H16N2O3S. The number of carbonyl (C=O) groups is 2. The molecule has 1 aromatic heterocycles. The largest absolute Gasteiger partial charge is 0.391 e. The van der Waals surface area contributed by atoms with Crippen LogP contribution < -0.4 is 5.32 Å². The fourth-order valence-electron chi connectivity index (χ4n) is 2.78. The van der Waals surface area contributed by atoms with Gasteiger partial charge >= 0.3 is 0 Å². The van der Waals surface area contributed by atoms with Gasteiger partial charge in [0.15, 0.2) is 0 Å². The molecule has 2 N–H and O–H groups in total. The smallest absolute Gasteiger partial charge is 0.256 e. The minimum Gasteiger partial charge on any atom is -0.391 e. The van der Waals surface area contributed by atoms with Crippen LogP contribution in [0.4, 0.5) is 0 Å². The fraction of sp³-hybridized carbons (Fsp3) is 0.538. The van der Waals surface area contributed by atoms with E-state index in [0.717, 1.165) is 29.7 Å². The molecule has 0 radical (unpaired) electrons. The molecule has 0 spiro atoms. The van der Waals surface area contributed by atoms with Crippen LogP contribution in [0.5, 0.6) is 0 Å². The van der Waals surface area contributed by atoms with Gasteiger partial charge in [-0.1, -0.05) is 0 Å². The highest BCUT2D eigenvalue weighted by Crippen LogP contribution is 2.33. The molecule has 5 nitrogen and oxygen atoms in total. The van der Waals surface area contributed by atoms with Gasteiger partial charge in [0.2, 0.25) is 5.91 Å². The molecule has 0 bridgehead atoms. The highest BCUT2D eigenvalue weighted by molar-refractivity contribution is 7.10. The van der Waals surface area contributed by atoms with E-state index >= 15 is 0 Å². The van der Waals surface area contributed by atoms with Crippen molar-refractivity contribution in [3.8, 4) is 0 Å². The van der Waals surface area contributed by atoms with Crippen molar-refractivity contribution in [2.75, 3.05) is 6.54 Å². The lowest BCUT2D eigenvalue weighted by atomic mass is 10.1. The van der Waals surface area contributed by atoms with Crippen molar-refractivity contribution in [3.05, 3.63) is 21.4 Å². The van der Waals surface area contributed by atoms with Gasteiger partial charge in [-0.3, -0.25) is 9.59 Å². The Morgan fingerprint density at radius 2 is 2.26 bits per heavy atom. The Morgan fingerprint density at radius 3 is 3.05 bits per heavy atom. The van der Waals surface area contributed by atoms with Crippen LogP contribution >= 0.6 is 11.3 Å². The molecule has 0 unspecified atom stereocenters. The number of fused-ring (bicyclic) bond motifs is 1. The molecule has 1 saturated heterocycles. The second-order valence-corrected chi connectivity index (χ2v) is 5.91. The topological polar surface area (TPSA) is 69.6 Å². The number of aliphatic hydroxyl groups excluding tert-OH is 1. The second kappa shape index (κ2) is 4.94. The van der Waals surface area contributed by atoms with Crippen LogP contribution in [0.25, 0.3) is 0 Å². The molecule has 1 atom stereocenters. The van der Waals surface area contributed by atoms with Gasteiger partial charge in [-0.15, -0.1) is 11.3 Å². The molecule has 3 heterocycles. The van der Waals surface area contributed by atoms with Crippen molar-refractivity contribution >= 4 is 23.2 Å². The molecule has 1 fully saturated rings. The number of hydrogen-bond donors (Lipinski definition) is 2. The second-order valence-electron chi connectivity index (χ2n) is 4.94. The summed E-state index contributed by atoms with van der Waals surface area (Å²) in [6.07, 6.45) is 2.64. The summed E-state index contributed by atoms with van der Waals surface area (Å²) in [4.78, 5) is 26.9. The van der Waals surface area contributed by atoms with Crippen LogP contribution in [-0.2, 0) is 17.9 Å². The van der Waals surface area contributed by atoms with E-state index in [4.69, 9.17) is 0 Å². The maximum Gasteiger partial charge on any atom is 0.256 e. The van der Waals surface area contributed by atoms with Crippen LogP contribution in [0.2, 0.25) is 0 Å². The van der Waals surface area contributed by atoms with E-state index in [9.17, 15) is 14.7 Å². The van der Waals surface area contributed by atoms with E-state index in [1.807, 2.05) is 0 Å². The van der Waals surface area contributed by atoms with Crippen molar-refractivity contribution in [1.82, 2.24) is 10.2 Å². The van der Waals surface area contributed by atoms with E-state index in [2.05, 4.69) is 5.32 Å². The zero-order valence-electron chi connectivity index (χ0n) is 10.5. The monoisotopic (exact) mass is 280 g/mol. The number of thiophene rings is 1. The van der Waals surface area contributed by atoms with E-state index < -0.39 is 0 Å². The summed E-state index contributed by atoms with van der Waals surface area (Å²) in [6.45, 7) is 1.10. The predicted octanol–water partition coefficient (Wildman–Crippen LogP) is 0.865. The molecule has 2 aliphatic rings. The minimum atomic E-state index is -0.362. The summed E-state index contributed by atoms with van der Waals surface area (Å²) in [6, 6.07) is -0.362. The van der Waals surface area contributed by atoms with Gasteiger partial charge in [0.1, 0.15) is 6.04 Å². The Kier molecular flexibility index (Phi) is 3.28. The first kappa shape index (κ1) is 12.6. The van der Waals surface area contributed by atoms with Crippen LogP contribution in [-0.4, -0.2) is 34.4 Å². The Morgan fingerprint density at radius 1 is 1.42 bits per heavy atom. The summed E-state index contributed by atoms with van der Waals surface area (Å²) in [5, 5.41) is 13.9.